The minimum atomic E-state index is -0.432. The van der Waals surface area contributed by atoms with Crippen molar-refractivity contribution >= 4 is 11.8 Å². The molecular formula is C14H20O3. The summed E-state index contributed by atoms with van der Waals surface area (Å²) in [5.41, 5.74) is 0.722. The van der Waals surface area contributed by atoms with Crippen LogP contribution in [0.1, 0.15) is 46.5 Å². The van der Waals surface area contributed by atoms with Crippen molar-refractivity contribution in [2.75, 3.05) is 0 Å². The Hall–Kier alpha value is -1.12. The first-order chi connectivity index (χ1) is 7.83. The maximum Gasteiger partial charge on any atom is 0.331 e. The van der Waals surface area contributed by atoms with Gasteiger partial charge in [-0.15, -0.1) is 0 Å². The van der Waals surface area contributed by atoms with Gasteiger partial charge < -0.3 is 4.74 Å². The highest BCUT2D eigenvalue weighted by atomic mass is 16.6. The van der Waals surface area contributed by atoms with Gasteiger partial charge in [0.1, 0.15) is 11.4 Å². The van der Waals surface area contributed by atoms with Crippen molar-refractivity contribution in [2.45, 2.75) is 52.1 Å². The van der Waals surface area contributed by atoms with Gasteiger partial charge in [-0.3, -0.25) is 4.79 Å². The molecule has 94 valence electrons. The number of ketones is 1. The second-order valence-corrected chi connectivity index (χ2v) is 6.21. The van der Waals surface area contributed by atoms with E-state index in [9.17, 15) is 9.59 Å². The van der Waals surface area contributed by atoms with Gasteiger partial charge in [0.25, 0.3) is 0 Å². The molecule has 2 aliphatic rings. The number of esters is 1. The van der Waals surface area contributed by atoms with Crippen LogP contribution in [0.5, 0.6) is 0 Å². The SMILES string of the molecule is CC(C)(C)OC(=O)C=C1C[C@@H]2CC(=O)C[C@H]2C1. The molecule has 0 spiro atoms. The summed E-state index contributed by atoms with van der Waals surface area (Å²) in [5.74, 6) is 1.10. The van der Waals surface area contributed by atoms with Crippen LogP contribution in [0.2, 0.25) is 0 Å². The van der Waals surface area contributed by atoms with E-state index in [0.29, 0.717) is 30.5 Å². The van der Waals surface area contributed by atoms with Crippen molar-refractivity contribution in [1.82, 2.24) is 0 Å². The Balaban J connectivity index is 1.93. The molecule has 3 nitrogen and oxygen atoms in total. The van der Waals surface area contributed by atoms with E-state index >= 15 is 0 Å². The monoisotopic (exact) mass is 236 g/mol. The number of fused-ring (bicyclic) bond motifs is 1. The molecule has 0 amide bonds. The molecule has 3 heteroatoms. The first kappa shape index (κ1) is 12.3. The van der Waals surface area contributed by atoms with Crippen molar-refractivity contribution in [3.05, 3.63) is 11.6 Å². The Kier molecular flexibility index (Phi) is 3.11. The summed E-state index contributed by atoms with van der Waals surface area (Å²) in [7, 11) is 0. The van der Waals surface area contributed by atoms with Gasteiger partial charge in [-0.05, 0) is 45.4 Å². The number of rotatable bonds is 1. The third kappa shape index (κ3) is 3.18. The number of allylic oxidation sites excluding steroid dienone is 1. The standard InChI is InChI=1S/C14H20O3/c1-14(2,3)17-13(16)6-9-4-10-7-12(15)8-11(10)5-9/h6,10-11H,4-5,7-8H2,1-3H3/t10-,11-/m1/s1. The van der Waals surface area contributed by atoms with Gasteiger partial charge in [-0.1, -0.05) is 5.57 Å². The quantitative estimate of drug-likeness (QED) is 0.519. The van der Waals surface area contributed by atoms with E-state index in [-0.39, 0.29) is 5.97 Å². The Labute approximate surface area is 102 Å². The Morgan fingerprint density at radius 2 is 1.71 bits per heavy atom. The molecule has 0 aromatic rings. The van der Waals surface area contributed by atoms with E-state index in [2.05, 4.69) is 0 Å². The molecule has 0 radical (unpaired) electrons. The van der Waals surface area contributed by atoms with Crippen LogP contribution in [0, 0.1) is 11.8 Å². The predicted molar refractivity (Wildman–Crippen MR) is 64.4 cm³/mol. The first-order valence-electron chi connectivity index (χ1n) is 6.27. The summed E-state index contributed by atoms with van der Waals surface area (Å²) >= 11 is 0. The third-order valence-electron chi connectivity index (χ3n) is 3.42. The molecule has 2 atom stereocenters. The summed E-state index contributed by atoms with van der Waals surface area (Å²) in [6.45, 7) is 5.60. The molecule has 2 fully saturated rings. The maximum atomic E-state index is 11.6. The zero-order valence-electron chi connectivity index (χ0n) is 10.8. The fourth-order valence-electron chi connectivity index (χ4n) is 2.85. The number of Topliss-reactive ketones (excluding diaryl/α,β-unsaturated/α-hetero) is 1. The van der Waals surface area contributed by atoms with Gasteiger partial charge in [0.2, 0.25) is 0 Å². The second-order valence-electron chi connectivity index (χ2n) is 6.21. The van der Waals surface area contributed by atoms with Crippen molar-refractivity contribution in [2.24, 2.45) is 11.8 Å². The lowest BCUT2D eigenvalue weighted by Gasteiger charge is -2.18. The average molecular weight is 236 g/mol. The van der Waals surface area contributed by atoms with Crippen molar-refractivity contribution in [3.8, 4) is 0 Å². The van der Waals surface area contributed by atoms with E-state index in [1.54, 1.807) is 6.08 Å². The highest BCUT2D eigenvalue weighted by molar-refractivity contribution is 5.84. The third-order valence-corrected chi connectivity index (χ3v) is 3.42. The molecule has 0 bridgehead atoms. The number of carbonyl (C=O) groups is 2. The zero-order valence-corrected chi connectivity index (χ0v) is 10.8. The van der Waals surface area contributed by atoms with Crippen molar-refractivity contribution in [1.29, 1.82) is 0 Å². The van der Waals surface area contributed by atoms with Crippen LogP contribution in [0.3, 0.4) is 0 Å². The second kappa shape index (κ2) is 4.28. The number of ether oxygens (including phenoxy) is 1. The normalized spacial score (nSPS) is 28.2. The van der Waals surface area contributed by atoms with E-state index in [1.807, 2.05) is 20.8 Å². The zero-order chi connectivity index (χ0) is 12.6. The van der Waals surface area contributed by atoms with Crippen molar-refractivity contribution in [3.63, 3.8) is 0 Å². The van der Waals surface area contributed by atoms with Gasteiger partial charge in [0, 0.05) is 18.9 Å². The molecule has 0 saturated heterocycles. The van der Waals surface area contributed by atoms with Crippen LogP contribution in [-0.2, 0) is 14.3 Å². The minimum Gasteiger partial charge on any atom is -0.457 e. The molecular weight excluding hydrogens is 216 g/mol. The molecule has 2 saturated carbocycles. The number of hydrogen-bond acceptors (Lipinski definition) is 3. The Bertz CT molecular complexity index is 355. The lowest BCUT2D eigenvalue weighted by molar-refractivity contribution is -0.148. The van der Waals surface area contributed by atoms with Crippen LogP contribution < -0.4 is 0 Å². The molecule has 17 heavy (non-hydrogen) atoms. The largest absolute Gasteiger partial charge is 0.457 e. The van der Waals surface area contributed by atoms with Gasteiger partial charge in [0.05, 0.1) is 0 Å². The van der Waals surface area contributed by atoms with Gasteiger partial charge in [-0.25, -0.2) is 4.79 Å². The smallest absolute Gasteiger partial charge is 0.331 e. The highest BCUT2D eigenvalue weighted by Gasteiger charge is 2.38. The molecule has 0 unspecified atom stereocenters. The van der Waals surface area contributed by atoms with Gasteiger partial charge in [0.15, 0.2) is 0 Å². The van der Waals surface area contributed by atoms with E-state index in [4.69, 9.17) is 4.74 Å². The molecule has 0 aromatic heterocycles. The number of carbonyl (C=O) groups excluding carboxylic acids is 2. The summed E-state index contributed by atoms with van der Waals surface area (Å²) in [6.07, 6.45) is 4.84. The van der Waals surface area contributed by atoms with E-state index < -0.39 is 5.60 Å². The molecule has 0 heterocycles. The predicted octanol–water partition coefficient (Wildman–Crippen LogP) is 2.64. The molecule has 0 aromatic carbocycles. The average Bonchev–Trinajstić information content (AvgIpc) is 2.56. The Morgan fingerprint density at radius 1 is 1.18 bits per heavy atom. The van der Waals surface area contributed by atoms with Gasteiger partial charge >= 0.3 is 5.97 Å². The molecule has 2 aliphatic carbocycles. The van der Waals surface area contributed by atoms with Crippen molar-refractivity contribution < 1.29 is 14.3 Å². The fourth-order valence-corrected chi connectivity index (χ4v) is 2.85. The van der Waals surface area contributed by atoms with Gasteiger partial charge in [-0.2, -0.15) is 0 Å². The fraction of sp³-hybridized carbons (Fsp3) is 0.714. The van der Waals surface area contributed by atoms with Crippen LogP contribution in [0.25, 0.3) is 0 Å². The summed E-state index contributed by atoms with van der Waals surface area (Å²) < 4.78 is 5.26. The van der Waals surface area contributed by atoms with E-state index in [0.717, 1.165) is 18.4 Å². The summed E-state index contributed by atoms with van der Waals surface area (Å²) in [4.78, 5) is 22.9. The van der Waals surface area contributed by atoms with Crippen LogP contribution in [0.4, 0.5) is 0 Å². The van der Waals surface area contributed by atoms with Crippen LogP contribution in [-0.4, -0.2) is 17.4 Å². The minimum absolute atomic E-state index is 0.251. The molecule has 2 rings (SSSR count). The lowest BCUT2D eigenvalue weighted by Crippen LogP contribution is -2.22. The summed E-state index contributed by atoms with van der Waals surface area (Å²) in [6, 6.07) is 0. The molecule has 0 aliphatic heterocycles. The Morgan fingerprint density at radius 3 is 2.18 bits per heavy atom. The lowest BCUT2D eigenvalue weighted by atomic mass is 10.0. The van der Waals surface area contributed by atoms with Crippen LogP contribution in [0.15, 0.2) is 11.6 Å². The van der Waals surface area contributed by atoms with Crippen LogP contribution >= 0.6 is 0 Å². The summed E-state index contributed by atoms with van der Waals surface area (Å²) in [5, 5.41) is 0. The first-order valence-corrected chi connectivity index (χ1v) is 6.27. The highest BCUT2D eigenvalue weighted by Crippen LogP contribution is 2.44. The topological polar surface area (TPSA) is 43.4 Å². The molecule has 0 N–H and O–H groups in total. The van der Waals surface area contributed by atoms with E-state index in [1.165, 1.54) is 0 Å². The number of hydrogen-bond donors (Lipinski definition) is 0. The maximum absolute atomic E-state index is 11.6.